The number of nitriles is 1. The number of hydrogen-bond donors (Lipinski definition) is 0. The van der Waals surface area contributed by atoms with Gasteiger partial charge in [0.1, 0.15) is 5.75 Å². The highest BCUT2D eigenvalue weighted by molar-refractivity contribution is 5.71. The van der Waals surface area contributed by atoms with Gasteiger partial charge in [-0.1, -0.05) is 13.3 Å². The summed E-state index contributed by atoms with van der Waals surface area (Å²) in [4.78, 5) is 11.3. The Balaban J connectivity index is 2.75. The summed E-state index contributed by atoms with van der Waals surface area (Å²) in [5, 5.41) is 8.62. The summed E-state index contributed by atoms with van der Waals surface area (Å²) in [6.45, 7) is 1.51. The van der Waals surface area contributed by atoms with Gasteiger partial charge in [-0.2, -0.15) is 18.4 Å². The number of carbonyl (C=O) groups excluding carboxylic acids is 1. The number of hydrogen-bond acceptors (Lipinski definition) is 4. The molecule has 0 N–H and O–H groups in total. The first-order chi connectivity index (χ1) is 9.88. The molecule has 0 spiro atoms. The van der Waals surface area contributed by atoms with Crippen LogP contribution in [0, 0.1) is 11.3 Å². The number of halogens is 3. The first kappa shape index (κ1) is 16.8. The summed E-state index contributed by atoms with van der Waals surface area (Å²) in [6, 6.07) is 4.50. The normalized spacial score (nSPS) is 10.8. The fourth-order valence-corrected chi connectivity index (χ4v) is 1.46. The van der Waals surface area contributed by atoms with Crippen molar-refractivity contribution in [2.45, 2.75) is 25.9 Å². The molecule has 21 heavy (non-hydrogen) atoms. The predicted molar refractivity (Wildman–Crippen MR) is 67.5 cm³/mol. The third-order valence-electron chi connectivity index (χ3n) is 2.52. The van der Waals surface area contributed by atoms with Crippen LogP contribution in [0.1, 0.15) is 30.9 Å². The molecule has 1 aromatic rings. The molecule has 0 radical (unpaired) electrons. The van der Waals surface area contributed by atoms with Crippen molar-refractivity contribution in [1.29, 1.82) is 5.26 Å². The zero-order valence-electron chi connectivity index (χ0n) is 11.4. The van der Waals surface area contributed by atoms with Crippen molar-refractivity contribution in [3.05, 3.63) is 29.3 Å². The number of esters is 1. The van der Waals surface area contributed by atoms with Crippen molar-refractivity contribution < 1.29 is 27.4 Å². The Morgan fingerprint density at radius 2 is 2.10 bits per heavy atom. The van der Waals surface area contributed by atoms with Crippen molar-refractivity contribution >= 4 is 5.97 Å². The van der Waals surface area contributed by atoms with Crippen molar-refractivity contribution in [2.75, 3.05) is 13.2 Å². The number of ether oxygens (including phenoxy) is 2. The lowest BCUT2D eigenvalue weighted by Gasteiger charge is -2.13. The summed E-state index contributed by atoms with van der Waals surface area (Å²) < 4.78 is 48.1. The summed E-state index contributed by atoms with van der Waals surface area (Å²) in [5.41, 5.74) is -1.23. The average molecular weight is 301 g/mol. The summed E-state index contributed by atoms with van der Waals surface area (Å²) in [6.07, 6.45) is -3.16. The Bertz CT molecular complexity index is 535. The van der Waals surface area contributed by atoms with Gasteiger partial charge in [0.15, 0.2) is 6.61 Å². The molecule has 4 nitrogen and oxygen atoms in total. The van der Waals surface area contributed by atoms with Gasteiger partial charge in [-0.25, -0.2) is 4.79 Å². The van der Waals surface area contributed by atoms with E-state index in [4.69, 9.17) is 14.7 Å². The van der Waals surface area contributed by atoms with Gasteiger partial charge < -0.3 is 9.47 Å². The van der Waals surface area contributed by atoms with E-state index in [-0.39, 0.29) is 12.2 Å². The van der Waals surface area contributed by atoms with Gasteiger partial charge >= 0.3 is 12.1 Å². The number of benzene rings is 1. The first-order valence-electron chi connectivity index (χ1n) is 6.28. The molecule has 7 heteroatoms. The van der Waals surface area contributed by atoms with Crippen LogP contribution < -0.4 is 4.74 Å². The van der Waals surface area contributed by atoms with E-state index in [1.54, 1.807) is 6.07 Å². The molecule has 0 amide bonds. The molecule has 1 aromatic carbocycles. The molecule has 0 aliphatic heterocycles. The maximum absolute atomic E-state index is 12.8. The highest BCUT2D eigenvalue weighted by Crippen LogP contribution is 2.36. The van der Waals surface area contributed by atoms with Gasteiger partial charge in [0.2, 0.25) is 0 Å². The minimum Gasteiger partial charge on any atom is -0.481 e. The predicted octanol–water partition coefficient (Wildman–Crippen LogP) is 3.30. The molecule has 0 bridgehead atoms. The molecular formula is C14H14F3NO3. The Morgan fingerprint density at radius 3 is 2.67 bits per heavy atom. The average Bonchev–Trinajstić information content (AvgIpc) is 2.44. The molecule has 0 saturated heterocycles. The van der Waals surface area contributed by atoms with Gasteiger partial charge in [-0.05, 0) is 24.6 Å². The highest BCUT2D eigenvalue weighted by atomic mass is 19.4. The Hall–Kier alpha value is -2.23. The zero-order valence-corrected chi connectivity index (χ0v) is 11.4. The summed E-state index contributed by atoms with van der Waals surface area (Å²) >= 11 is 0. The van der Waals surface area contributed by atoms with Crippen molar-refractivity contribution in [3.63, 3.8) is 0 Å². The standard InChI is InChI=1S/C14H14F3NO3/c1-2-3-6-20-13(19)9-21-12-5-4-10(8-18)7-11(12)14(15,16)17/h4-5,7H,2-3,6,9H2,1H3. The summed E-state index contributed by atoms with van der Waals surface area (Å²) in [5.74, 6) is -1.24. The van der Waals surface area contributed by atoms with Crippen LogP contribution in [0.5, 0.6) is 5.75 Å². The first-order valence-corrected chi connectivity index (χ1v) is 6.28. The van der Waals surface area contributed by atoms with Gasteiger partial charge in [0, 0.05) is 0 Å². The minimum absolute atomic E-state index is 0.139. The molecule has 0 unspecified atom stereocenters. The molecule has 114 valence electrons. The molecule has 0 heterocycles. The van der Waals surface area contributed by atoms with E-state index >= 15 is 0 Å². The maximum Gasteiger partial charge on any atom is 0.420 e. The van der Waals surface area contributed by atoms with Crippen LogP contribution in [-0.4, -0.2) is 19.2 Å². The third-order valence-corrected chi connectivity index (χ3v) is 2.52. The van der Waals surface area contributed by atoms with Crippen LogP contribution in [0.2, 0.25) is 0 Å². The fourth-order valence-electron chi connectivity index (χ4n) is 1.46. The molecule has 1 rings (SSSR count). The second-order valence-corrected chi connectivity index (χ2v) is 4.18. The molecule has 0 atom stereocenters. The number of rotatable bonds is 6. The Morgan fingerprint density at radius 1 is 1.38 bits per heavy atom. The van der Waals surface area contributed by atoms with E-state index in [9.17, 15) is 18.0 Å². The molecule has 0 fully saturated rings. The number of carbonyl (C=O) groups is 1. The SMILES string of the molecule is CCCCOC(=O)COc1ccc(C#N)cc1C(F)(F)F. The fraction of sp³-hybridized carbons (Fsp3) is 0.429. The molecule has 0 saturated carbocycles. The molecule has 0 aliphatic rings. The number of alkyl halides is 3. The van der Waals surface area contributed by atoms with E-state index < -0.39 is 30.1 Å². The van der Waals surface area contributed by atoms with Gasteiger partial charge in [-0.15, -0.1) is 0 Å². The smallest absolute Gasteiger partial charge is 0.420 e. The second kappa shape index (κ2) is 7.53. The van der Waals surface area contributed by atoms with E-state index in [0.29, 0.717) is 12.5 Å². The van der Waals surface area contributed by atoms with Crippen LogP contribution in [0.3, 0.4) is 0 Å². The van der Waals surface area contributed by atoms with Crippen LogP contribution in [-0.2, 0) is 15.7 Å². The Kier molecular flexibility index (Phi) is 6.03. The van der Waals surface area contributed by atoms with Gasteiger partial charge in [-0.3, -0.25) is 0 Å². The van der Waals surface area contributed by atoms with Crippen LogP contribution >= 0.6 is 0 Å². The van der Waals surface area contributed by atoms with E-state index in [0.717, 1.165) is 12.5 Å². The molecule has 0 aromatic heterocycles. The highest BCUT2D eigenvalue weighted by Gasteiger charge is 2.35. The van der Waals surface area contributed by atoms with Gasteiger partial charge in [0.25, 0.3) is 0 Å². The number of nitrogens with zero attached hydrogens (tertiary/aromatic N) is 1. The second-order valence-electron chi connectivity index (χ2n) is 4.18. The molecular weight excluding hydrogens is 287 g/mol. The quantitative estimate of drug-likeness (QED) is 0.597. The monoisotopic (exact) mass is 301 g/mol. The lowest BCUT2D eigenvalue weighted by atomic mass is 10.1. The van der Waals surface area contributed by atoms with E-state index in [2.05, 4.69) is 0 Å². The van der Waals surface area contributed by atoms with E-state index in [1.807, 2.05) is 6.92 Å². The topological polar surface area (TPSA) is 59.3 Å². The van der Waals surface area contributed by atoms with Gasteiger partial charge in [0.05, 0.1) is 23.8 Å². The lowest BCUT2D eigenvalue weighted by Crippen LogP contribution is -2.17. The summed E-state index contributed by atoms with van der Waals surface area (Å²) in [7, 11) is 0. The maximum atomic E-state index is 12.8. The van der Waals surface area contributed by atoms with E-state index in [1.165, 1.54) is 6.07 Å². The van der Waals surface area contributed by atoms with Crippen molar-refractivity contribution in [1.82, 2.24) is 0 Å². The lowest BCUT2D eigenvalue weighted by molar-refractivity contribution is -0.148. The Labute approximate surface area is 120 Å². The largest absolute Gasteiger partial charge is 0.481 e. The van der Waals surface area contributed by atoms with Crippen LogP contribution in [0.15, 0.2) is 18.2 Å². The van der Waals surface area contributed by atoms with Crippen LogP contribution in [0.4, 0.5) is 13.2 Å². The molecule has 0 aliphatic carbocycles. The zero-order chi connectivity index (χ0) is 15.9. The minimum atomic E-state index is -4.67. The van der Waals surface area contributed by atoms with Crippen LogP contribution in [0.25, 0.3) is 0 Å². The number of unbranched alkanes of at least 4 members (excludes halogenated alkanes) is 1. The van der Waals surface area contributed by atoms with Crippen molar-refractivity contribution in [3.8, 4) is 11.8 Å². The van der Waals surface area contributed by atoms with Crippen molar-refractivity contribution in [2.24, 2.45) is 0 Å². The third kappa shape index (κ3) is 5.34.